The van der Waals surface area contributed by atoms with Gasteiger partial charge in [0.25, 0.3) is 0 Å². The van der Waals surface area contributed by atoms with E-state index < -0.39 is 0 Å². The predicted molar refractivity (Wildman–Crippen MR) is 79.0 cm³/mol. The molecule has 2 aliphatic heterocycles. The van der Waals surface area contributed by atoms with E-state index >= 15 is 0 Å². The van der Waals surface area contributed by atoms with E-state index in [1.165, 1.54) is 11.3 Å². The molecule has 3 rings (SSSR count). The first-order chi connectivity index (χ1) is 9.06. The summed E-state index contributed by atoms with van der Waals surface area (Å²) >= 11 is 0. The molecule has 1 aromatic rings. The number of rotatable bonds is 3. The average Bonchev–Trinajstić information content (AvgIpc) is 2.95. The number of hydrogen-bond donors (Lipinski definition) is 1. The van der Waals surface area contributed by atoms with E-state index in [1.54, 1.807) is 0 Å². The highest BCUT2D eigenvalue weighted by Gasteiger charge is 2.36. The van der Waals surface area contributed by atoms with Crippen LogP contribution >= 0.6 is 0 Å². The lowest BCUT2D eigenvalue weighted by Crippen LogP contribution is -2.38. The zero-order valence-electron chi connectivity index (χ0n) is 12.2. The van der Waals surface area contributed by atoms with Crippen molar-refractivity contribution in [2.45, 2.75) is 45.3 Å². The van der Waals surface area contributed by atoms with E-state index in [9.17, 15) is 0 Å². The lowest BCUT2D eigenvalue weighted by atomic mass is 10.1. The Morgan fingerprint density at radius 1 is 1.37 bits per heavy atom. The molecule has 3 nitrogen and oxygen atoms in total. The van der Waals surface area contributed by atoms with Gasteiger partial charge in [0.05, 0.1) is 0 Å². The average molecular weight is 260 g/mol. The van der Waals surface area contributed by atoms with Gasteiger partial charge in [-0.3, -0.25) is 4.90 Å². The van der Waals surface area contributed by atoms with Crippen LogP contribution in [0, 0.1) is 0 Å². The second kappa shape index (κ2) is 4.71. The standard InChI is InChI=1S/C16H24N2O/c1-12(2)18-9-7-16(3,11-18)19-14-4-5-15-13(10-14)6-8-17-15/h4-5,10,12,17H,6-9,11H2,1-3H3. The van der Waals surface area contributed by atoms with Crippen LogP contribution in [-0.2, 0) is 6.42 Å². The zero-order chi connectivity index (χ0) is 13.5. The van der Waals surface area contributed by atoms with Crippen LogP contribution in [0.25, 0.3) is 0 Å². The number of benzene rings is 1. The Morgan fingerprint density at radius 2 is 2.21 bits per heavy atom. The Balaban J connectivity index is 1.71. The largest absolute Gasteiger partial charge is 0.486 e. The molecule has 0 aromatic heterocycles. The Hall–Kier alpha value is -1.22. The molecule has 19 heavy (non-hydrogen) atoms. The van der Waals surface area contributed by atoms with Gasteiger partial charge in [0.2, 0.25) is 0 Å². The molecule has 0 saturated carbocycles. The lowest BCUT2D eigenvalue weighted by Gasteiger charge is -2.28. The molecule has 0 radical (unpaired) electrons. The van der Waals surface area contributed by atoms with Crippen molar-refractivity contribution in [2.24, 2.45) is 0 Å². The van der Waals surface area contributed by atoms with E-state index in [-0.39, 0.29) is 5.60 Å². The summed E-state index contributed by atoms with van der Waals surface area (Å²) in [6.07, 6.45) is 2.22. The Bertz CT molecular complexity index is 472. The predicted octanol–water partition coefficient (Wildman–Crippen LogP) is 2.91. The molecule has 1 aromatic carbocycles. The van der Waals surface area contributed by atoms with Gasteiger partial charge >= 0.3 is 0 Å². The minimum atomic E-state index is -0.0372. The van der Waals surface area contributed by atoms with Gasteiger partial charge in [-0.25, -0.2) is 0 Å². The molecule has 2 heterocycles. The first-order valence-electron chi connectivity index (χ1n) is 7.36. The minimum absolute atomic E-state index is 0.0372. The summed E-state index contributed by atoms with van der Waals surface area (Å²) in [6, 6.07) is 7.06. The van der Waals surface area contributed by atoms with Crippen LogP contribution in [-0.4, -0.2) is 36.2 Å². The Labute approximate surface area is 115 Å². The highest BCUT2D eigenvalue weighted by molar-refractivity contribution is 5.57. The van der Waals surface area contributed by atoms with Crippen LogP contribution in [0.2, 0.25) is 0 Å². The van der Waals surface area contributed by atoms with Crippen LogP contribution < -0.4 is 10.1 Å². The van der Waals surface area contributed by atoms with Crippen LogP contribution in [0.3, 0.4) is 0 Å². The number of likely N-dealkylation sites (tertiary alicyclic amines) is 1. The molecule has 0 amide bonds. The van der Waals surface area contributed by atoms with Gasteiger partial charge in [-0.05, 0) is 51.0 Å². The molecule has 2 aliphatic rings. The Kier molecular flexibility index (Phi) is 3.17. The van der Waals surface area contributed by atoms with Crippen molar-refractivity contribution in [2.75, 3.05) is 25.0 Å². The molecule has 1 N–H and O–H groups in total. The van der Waals surface area contributed by atoms with Crippen LogP contribution in [0.4, 0.5) is 5.69 Å². The highest BCUT2D eigenvalue weighted by atomic mass is 16.5. The molecule has 0 bridgehead atoms. The molecular weight excluding hydrogens is 236 g/mol. The molecule has 0 aliphatic carbocycles. The fourth-order valence-corrected chi connectivity index (χ4v) is 3.12. The number of fused-ring (bicyclic) bond motifs is 1. The number of ether oxygens (including phenoxy) is 1. The maximum Gasteiger partial charge on any atom is 0.120 e. The summed E-state index contributed by atoms with van der Waals surface area (Å²) in [5, 5.41) is 3.39. The summed E-state index contributed by atoms with van der Waals surface area (Å²) in [5.41, 5.74) is 2.62. The van der Waals surface area contributed by atoms with Crippen LogP contribution in [0.1, 0.15) is 32.8 Å². The van der Waals surface area contributed by atoms with Gasteiger partial charge in [-0.1, -0.05) is 0 Å². The van der Waals surface area contributed by atoms with Crippen molar-refractivity contribution in [1.29, 1.82) is 0 Å². The summed E-state index contributed by atoms with van der Waals surface area (Å²) in [4.78, 5) is 2.49. The van der Waals surface area contributed by atoms with Crippen molar-refractivity contribution >= 4 is 5.69 Å². The fourth-order valence-electron chi connectivity index (χ4n) is 3.12. The number of nitrogens with one attached hydrogen (secondary N) is 1. The molecule has 1 atom stereocenters. The zero-order valence-corrected chi connectivity index (χ0v) is 12.2. The van der Waals surface area contributed by atoms with E-state index in [0.29, 0.717) is 6.04 Å². The first-order valence-corrected chi connectivity index (χ1v) is 7.36. The van der Waals surface area contributed by atoms with Crippen LogP contribution in [0.5, 0.6) is 5.75 Å². The van der Waals surface area contributed by atoms with E-state index in [0.717, 1.165) is 38.2 Å². The fraction of sp³-hybridized carbons (Fsp3) is 0.625. The van der Waals surface area contributed by atoms with E-state index in [4.69, 9.17) is 4.74 Å². The number of hydrogen-bond acceptors (Lipinski definition) is 3. The monoisotopic (exact) mass is 260 g/mol. The third-order valence-corrected chi connectivity index (χ3v) is 4.35. The number of nitrogens with zero attached hydrogens (tertiary/aromatic N) is 1. The van der Waals surface area contributed by atoms with Gasteiger partial charge in [0, 0.05) is 37.8 Å². The maximum atomic E-state index is 6.30. The smallest absolute Gasteiger partial charge is 0.120 e. The second-order valence-corrected chi connectivity index (χ2v) is 6.36. The quantitative estimate of drug-likeness (QED) is 0.904. The summed E-state index contributed by atoms with van der Waals surface area (Å²) < 4.78 is 6.30. The van der Waals surface area contributed by atoms with E-state index in [1.807, 2.05) is 0 Å². The van der Waals surface area contributed by atoms with E-state index in [2.05, 4.69) is 49.2 Å². The summed E-state index contributed by atoms with van der Waals surface area (Å²) in [5.74, 6) is 1.02. The lowest BCUT2D eigenvalue weighted by molar-refractivity contribution is 0.0909. The molecule has 1 unspecified atom stereocenters. The normalized spacial score (nSPS) is 26.5. The molecule has 1 fully saturated rings. The molecule has 0 spiro atoms. The molecular formula is C16H24N2O. The minimum Gasteiger partial charge on any atom is -0.486 e. The summed E-state index contributed by atoms with van der Waals surface area (Å²) in [7, 11) is 0. The molecule has 1 saturated heterocycles. The second-order valence-electron chi connectivity index (χ2n) is 6.36. The van der Waals surface area contributed by atoms with Gasteiger partial charge in [0.15, 0.2) is 0 Å². The number of anilines is 1. The third kappa shape index (κ3) is 2.57. The molecule has 3 heteroatoms. The van der Waals surface area contributed by atoms with Gasteiger partial charge in [-0.15, -0.1) is 0 Å². The van der Waals surface area contributed by atoms with Crippen molar-refractivity contribution in [3.8, 4) is 5.75 Å². The van der Waals surface area contributed by atoms with Crippen LogP contribution in [0.15, 0.2) is 18.2 Å². The maximum absolute atomic E-state index is 6.30. The van der Waals surface area contributed by atoms with Crippen molar-refractivity contribution in [3.05, 3.63) is 23.8 Å². The topological polar surface area (TPSA) is 24.5 Å². The summed E-state index contributed by atoms with van der Waals surface area (Å²) in [6.45, 7) is 9.97. The van der Waals surface area contributed by atoms with Crippen molar-refractivity contribution in [1.82, 2.24) is 4.90 Å². The van der Waals surface area contributed by atoms with Gasteiger partial charge in [0.1, 0.15) is 11.4 Å². The Morgan fingerprint density at radius 3 is 2.95 bits per heavy atom. The highest BCUT2D eigenvalue weighted by Crippen LogP contribution is 2.32. The third-order valence-electron chi connectivity index (χ3n) is 4.35. The first kappa shape index (κ1) is 12.8. The van der Waals surface area contributed by atoms with Gasteiger partial charge in [-0.2, -0.15) is 0 Å². The van der Waals surface area contributed by atoms with Crippen molar-refractivity contribution in [3.63, 3.8) is 0 Å². The SMILES string of the molecule is CC(C)N1CCC(C)(Oc2ccc3c(c2)CCN3)C1. The van der Waals surface area contributed by atoms with Gasteiger partial charge < -0.3 is 10.1 Å². The van der Waals surface area contributed by atoms with Crippen molar-refractivity contribution < 1.29 is 4.74 Å². The molecule has 104 valence electrons.